The summed E-state index contributed by atoms with van der Waals surface area (Å²) < 4.78 is 12.0. The van der Waals surface area contributed by atoms with Crippen LogP contribution in [0.4, 0.5) is 0 Å². The Balaban J connectivity index is 2.27. The van der Waals surface area contributed by atoms with Crippen molar-refractivity contribution in [3.63, 3.8) is 0 Å². The van der Waals surface area contributed by atoms with Crippen LogP contribution in [0, 0.1) is 0 Å². The minimum absolute atomic E-state index is 0.000788. The van der Waals surface area contributed by atoms with E-state index in [0.717, 1.165) is 47.5 Å². The van der Waals surface area contributed by atoms with Gasteiger partial charge in [0.15, 0.2) is 0 Å². The molecule has 3 rings (SSSR count). The number of hydrogen-bond donors (Lipinski definition) is 1. The van der Waals surface area contributed by atoms with Crippen LogP contribution in [0.15, 0.2) is 30.3 Å². The van der Waals surface area contributed by atoms with Gasteiger partial charge in [-0.05, 0) is 65.0 Å². The Kier molecular flexibility index (Phi) is 6.22. The predicted molar refractivity (Wildman–Crippen MR) is 126 cm³/mol. The second-order valence-electron chi connectivity index (χ2n) is 9.63. The summed E-state index contributed by atoms with van der Waals surface area (Å²) in [5.41, 5.74) is 5.92. The molecule has 0 aromatic heterocycles. The number of hydrogen-bond acceptors (Lipinski definition) is 3. The summed E-state index contributed by atoms with van der Waals surface area (Å²) >= 11 is 0. The molecule has 1 aliphatic carbocycles. The number of ether oxygens (including phenoxy) is 2. The third-order valence-electron chi connectivity index (χ3n) is 6.65. The lowest BCUT2D eigenvalue weighted by molar-refractivity contribution is 0.0697. The largest absolute Gasteiger partial charge is 0.496 e. The summed E-state index contributed by atoms with van der Waals surface area (Å²) in [5.74, 6) is 0.785. The third kappa shape index (κ3) is 4.21. The first-order valence-electron chi connectivity index (χ1n) is 10.9. The number of allylic oxidation sites excluding steroid dienone is 1. The van der Waals surface area contributed by atoms with Gasteiger partial charge in [0.1, 0.15) is 11.5 Å². The highest BCUT2D eigenvalue weighted by atomic mass is 16.5. The van der Waals surface area contributed by atoms with Crippen LogP contribution in [0.3, 0.4) is 0 Å². The molecule has 0 atom stereocenters. The van der Waals surface area contributed by atoms with Crippen molar-refractivity contribution in [2.45, 2.75) is 64.7 Å². The quantitative estimate of drug-likeness (QED) is 0.526. The van der Waals surface area contributed by atoms with E-state index >= 15 is 0 Å². The molecular weight excluding hydrogens is 388 g/mol. The van der Waals surface area contributed by atoms with Gasteiger partial charge in [0.2, 0.25) is 0 Å². The fraction of sp³-hybridized carbons (Fsp3) is 0.444. The van der Waals surface area contributed by atoms with Gasteiger partial charge < -0.3 is 14.6 Å². The molecule has 0 spiro atoms. The van der Waals surface area contributed by atoms with Crippen LogP contribution < -0.4 is 9.47 Å². The van der Waals surface area contributed by atoms with Crippen LogP contribution >= 0.6 is 0 Å². The molecule has 31 heavy (non-hydrogen) atoms. The molecular formula is C27H34O4. The molecule has 0 radical (unpaired) electrons. The van der Waals surface area contributed by atoms with Gasteiger partial charge in [-0.1, -0.05) is 52.8 Å². The Morgan fingerprint density at radius 3 is 2.16 bits per heavy atom. The number of carboxylic acids is 1. The number of fused-ring (bicyclic) bond motifs is 1. The Bertz CT molecular complexity index is 1010. The van der Waals surface area contributed by atoms with Crippen LogP contribution in [0.2, 0.25) is 0 Å². The first-order valence-corrected chi connectivity index (χ1v) is 10.9. The second kappa shape index (κ2) is 8.41. The fourth-order valence-electron chi connectivity index (χ4n) is 4.67. The van der Waals surface area contributed by atoms with E-state index in [9.17, 15) is 9.90 Å². The van der Waals surface area contributed by atoms with E-state index in [2.05, 4.69) is 46.8 Å². The van der Waals surface area contributed by atoms with E-state index in [1.54, 1.807) is 26.4 Å². The topological polar surface area (TPSA) is 55.8 Å². The smallest absolute Gasteiger partial charge is 0.335 e. The zero-order valence-corrected chi connectivity index (χ0v) is 19.8. The molecule has 0 bridgehead atoms. The van der Waals surface area contributed by atoms with Crippen LogP contribution in [-0.2, 0) is 10.8 Å². The highest BCUT2D eigenvalue weighted by Gasteiger charge is 2.41. The number of carbonyl (C=O) groups is 1. The normalized spacial score (nSPS) is 17.1. The van der Waals surface area contributed by atoms with Crippen LogP contribution in [0.5, 0.6) is 11.5 Å². The SMILES string of the molecule is CCC(=Cc1ccc(C(=O)O)cc1)c1c(OC)cc2c(c1OC)C(C)(C)CCC2(C)C. The van der Waals surface area contributed by atoms with Crippen molar-refractivity contribution in [2.75, 3.05) is 14.2 Å². The van der Waals surface area contributed by atoms with Gasteiger partial charge in [-0.25, -0.2) is 4.79 Å². The summed E-state index contributed by atoms with van der Waals surface area (Å²) in [7, 11) is 3.45. The Hall–Kier alpha value is -2.75. The summed E-state index contributed by atoms with van der Waals surface area (Å²) in [5, 5.41) is 9.17. The average Bonchev–Trinajstić information content (AvgIpc) is 2.74. The minimum Gasteiger partial charge on any atom is -0.496 e. The molecule has 0 heterocycles. The standard InChI is InChI=1S/C27H34O4/c1-8-18(15-17-9-11-19(12-10-17)25(28)29)22-21(30-6)16-20-23(24(22)31-7)27(4,5)14-13-26(20,2)3/h9-12,15-16H,8,13-14H2,1-7H3,(H,28,29). The molecule has 0 unspecified atom stereocenters. The molecule has 0 fully saturated rings. The fourth-order valence-corrected chi connectivity index (χ4v) is 4.67. The van der Waals surface area contributed by atoms with Crippen molar-refractivity contribution in [1.82, 2.24) is 0 Å². The maximum atomic E-state index is 11.2. The van der Waals surface area contributed by atoms with Crippen molar-refractivity contribution in [2.24, 2.45) is 0 Å². The van der Waals surface area contributed by atoms with Crippen LogP contribution in [0.1, 0.15) is 86.5 Å². The van der Waals surface area contributed by atoms with Crippen molar-refractivity contribution < 1.29 is 19.4 Å². The van der Waals surface area contributed by atoms with Gasteiger partial charge in [-0.3, -0.25) is 0 Å². The first-order chi connectivity index (χ1) is 14.6. The van der Waals surface area contributed by atoms with Crippen LogP contribution in [0.25, 0.3) is 11.6 Å². The number of rotatable bonds is 6. The molecule has 1 aliphatic rings. The summed E-state index contributed by atoms with van der Waals surface area (Å²) in [6, 6.07) is 9.14. The van der Waals surface area contributed by atoms with Gasteiger partial charge in [0.25, 0.3) is 0 Å². The van der Waals surface area contributed by atoms with Crippen molar-refractivity contribution in [1.29, 1.82) is 0 Å². The molecule has 0 saturated carbocycles. The van der Waals surface area contributed by atoms with Crippen molar-refractivity contribution in [3.8, 4) is 11.5 Å². The first kappa shape index (κ1) is 22.9. The second-order valence-corrected chi connectivity index (χ2v) is 9.63. The van der Waals surface area contributed by atoms with Gasteiger partial charge in [0, 0.05) is 5.56 Å². The maximum Gasteiger partial charge on any atom is 0.335 e. The van der Waals surface area contributed by atoms with E-state index in [1.807, 2.05) is 12.1 Å². The molecule has 1 N–H and O–H groups in total. The Labute approximate surface area is 185 Å². The molecule has 0 aliphatic heterocycles. The number of benzene rings is 2. The molecule has 2 aromatic carbocycles. The summed E-state index contributed by atoms with van der Waals surface area (Å²) in [6.45, 7) is 11.3. The van der Waals surface area contributed by atoms with Gasteiger partial charge in [0.05, 0.1) is 25.3 Å². The molecule has 166 valence electrons. The lowest BCUT2D eigenvalue weighted by atomic mass is 9.62. The van der Waals surface area contributed by atoms with E-state index in [-0.39, 0.29) is 16.4 Å². The highest BCUT2D eigenvalue weighted by molar-refractivity contribution is 5.90. The van der Waals surface area contributed by atoms with E-state index in [1.165, 1.54) is 11.1 Å². The summed E-state index contributed by atoms with van der Waals surface area (Å²) in [6.07, 6.45) is 5.09. The number of carboxylic acid groups (broad SMARTS) is 1. The zero-order chi connectivity index (χ0) is 23.0. The molecule has 2 aromatic rings. The van der Waals surface area contributed by atoms with Gasteiger partial charge in [-0.15, -0.1) is 0 Å². The molecule has 4 nitrogen and oxygen atoms in total. The van der Waals surface area contributed by atoms with E-state index in [4.69, 9.17) is 9.47 Å². The van der Waals surface area contributed by atoms with Crippen molar-refractivity contribution in [3.05, 3.63) is 58.1 Å². The Morgan fingerprint density at radius 2 is 1.65 bits per heavy atom. The van der Waals surface area contributed by atoms with Crippen LogP contribution in [-0.4, -0.2) is 25.3 Å². The monoisotopic (exact) mass is 422 g/mol. The average molecular weight is 423 g/mol. The third-order valence-corrected chi connectivity index (χ3v) is 6.65. The zero-order valence-electron chi connectivity index (χ0n) is 19.8. The van der Waals surface area contributed by atoms with Gasteiger partial charge >= 0.3 is 5.97 Å². The van der Waals surface area contributed by atoms with Gasteiger partial charge in [-0.2, -0.15) is 0 Å². The lowest BCUT2D eigenvalue weighted by Crippen LogP contribution is -2.34. The minimum atomic E-state index is -0.922. The van der Waals surface area contributed by atoms with Crippen molar-refractivity contribution >= 4 is 17.6 Å². The summed E-state index contributed by atoms with van der Waals surface area (Å²) in [4.78, 5) is 11.2. The highest BCUT2D eigenvalue weighted by Crippen LogP contribution is 2.54. The molecule has 0 amide bonds. The lowest BCUT2D eigenvalue weighted by Gasteiger charge is -2.43. The van der Waals surface area contributed by atoms with E-state index in [0.29, 0.717) is 0 Å². The molecule has 0 saturated heterocycles. The molecule has 4 heteroatoms. The number of aromatic carboxylic acids is 1. The maximum absolute atomic E-state index is 11.2. The predicted octanol–water partition coefficient (Wildman–Crippen LogP) is 6.70. The van der Waals surface area contributed by atoms with E-state index < -0.39 is 5.97 Å². The Morgan fingerprint density at radius 1 is 1.03 bits per heavy atom. The number of methoxy groups -OCH3 is 2.